The van der Waals surface area contributed by atoms with E-state index in [2.05, 4.69) is 5.32 Å². The van der Waals surface area contributed by atoms with Crippen LogP contribution in [0.4, 0.5) is 0 Å². The van der Waals surface area contributed by atoms with E-state index < -0.39 is 27.4 Å². The lowest BCUT2D eigenvalue weighted by Gasteiger charge is -2.23. The van der Waals surface area contributed by atoms with E-state index in [0.717, 1.165) is 0 Å². The summed E-state index contributed by atoms with van der Waals surface area (Å²) in [5.74, 6) is -0.755. The lowest BCUT2D eigenvalue weighted by atomic mass is 10.0. The standard InChI is InChI=1S/C13H23NO5S/c1-9(12(16)19-13(2,3)4)14-11(15)7-10-5-6-20(17,18)8-10/h9-10H,5-8H2,1-4H3,(H,14,15)/t9-,10?/m0/s1. The fraction of sp³-hybridized carbons (Fsp3) is 0.846. The summed E-state index contributed by atoms with van der Waals surface area (Å²) in [6.45, 7) is 6.81. The Bertz CT molecular complexity index is 477. The molecule has 1 unspecified atom stereocenters. The summed E-state index contributed by atoms with van der Waals surface area (Å²) in [5.41, 5.74) is -0.602. The Morgan fingerprint density at radius 1 is 1.35 bits per heavy atom. The van der Waals surface area contributed by atoms with Gasteiger partial charge >= 0.3 is 5.97 Å². The van der Waals surface area contributed by atoms with Gasteiger partial charge in [-0.05, 0) is 40.0 Å². The number of sulfone groups is 1. The van der Waals surface area contributed by atoms with Gasteiger partial charge < -0.3 is 10.1 Å². The maximum Gasteiger partial charge on any atom is 0.328 e. The number of amides is 1. The Morgan fingerprint density at radius 3 is 2.40 bits per heavy atom. The molecule has 116 valence electrons. The van der Waals surface area contributed by atoms with Crippen LogP contribution >= 0.6 is 0 Å². The van der Waals surface area contributed by atoms with Crippen LogP contribution in [0.2, 0.25) is 0 Å². The van der Waals surface area contributed by atoms with Gasteiger partial charge in [0.05, 0.1) is 11.5 Å². The molecule has 1 fully saturated rings. The molecule has 0 aromatic carbocycles. The average molecular weight is 305 g/mol. The molecule has 1 N–H and O–H groups in total. The largest absolute Gasteiger partial charge is 0.458 e. The van der Waals surface area contributed by atoms with Gasteiger partial charge in [-0.25, -0.2) is 13.2 Å². The van der Waals surface area contributed by atoms with Crippen molar-refractivity contribution in [3.63, 3.8) is 0 Å². The predicted molar refractivity (Wildman–Crippen MR) is 74.8 cm³/mol. The van der Waals surface area contributed by atoms with Crippen molar-refractivity contribution >= 4 is 21.7 Å². The van der Waals surface area contributed by atoms with Crippen molar-refractivity contribution in [3.05, 3.63) is 0 Å². The van der Waals surface area contributed by atoms with Gasteiger partial charge in [0.2, 0.25) is 5.91 Å². The second-order valence-electron chi connectivity index (χ2n) is 6.30. The molecule has 1 aliphatic heterocycles. The zero-order chi connectivity index (χ0) is 15.6. The van der Waals surface area contributed by atoms with E-state index in [9.17, 15) is 18.0 Å². The molecular formula is C13H23NO5S. The molecule has 1 rings (SSSR count). The summed E-state index contributed by atoms with van der Waals surface area (Å²) >= 11 is 0. The highest BCUT2D eigenvalue weighted by molar-refractivity contribution is 7.91. The molecule has 0 spiro atoms. The topological polar surface area (TPSA) is 89.5 Å². The number of rotatable bonds is 4. The van der Waals surface area contributed by atoms with Crippen molar-refractivity contribution in [2.45, 2.75) is 52.2 Å². The van der Waals surface area contributed by atoms with Crippen LogP contribution in [0.5, 0.6) is 0 Å². The summed E-state index contributed by atoms with van der Waals surface area (Å²) in [4.78, 5) is 23.5. The van der Waals surface area contributed by atoms with Crippen LogP contribution in [0, 0.1) is 5.92 Å². The van der Waals surface area contributed by atoms with Crippen molar-refractivity contribution in [2.75, 3.05) is 11.5 Å². The Labute approximate surface area is 120 Å². The van der Waals surface area contributed by atoms with Crippen LogP contribution in [0.25, 0.3) is 0 Å². The molecule has 1 heterocycles. The Balaban J connectivity index is 2.41. The Kier molecular flexibility index (Phi) is 5.18. The van der Waals surface area contributed by atoms with Crippen molar-refractivity contribution in [1.29, 1.82) is 0 Å². The maximum absolute atomic E-state index is 11.8. The normalized spacial score (nSPS) is 23.1. The number of hydrogen-bond donors (Lipinski definition) is 1. The highest BCUT2D eigenvalue weighted by atomic mass is 32.2. The summed E-state index contributed by atoms with van der Waals surface area (Å²) in [5, 5.41) is 2.55. The number of carbonyl (C=O) groups excluding carboxylic acids is 2. The molecule has 0 aromatic rings. The van der Waals surface area contributed by atoms with Crippen molar-refractivity contribution in [3.8, 4) is 0 Å². The molecule has 7 heteroatoms. The van der Waals surface area contributed by atoms with Crippen LogP contribution in [0.1, 0.15) is 40.5 Å². The van der Waals surface area contributed by atoms with E-state index in [0.29, 0.717) is 6.42 Å². The van der Waals surface area contributed by atoms with Gasteiger partial charge in [-0.2, -0.15) is 0 Å². The van der Waals surface area contributed by atoms with E-state index in [-0.39, 0.29) is 29.8 Å². The summed E-state index contributed by atoms with van der Waals surface area (Å²) < 4.78 is 27.8. The van der Waals surface area contributed by atoms with Gasteiger partial charge in [0.1, 0.15) is 11.6 Å². The second kappa shape index (κ2) is 6.11. The molecule has 1 aliphatic rings. The lowest BCUT2D eigenvalue weighted by molar-refractivity contribution is -0.158. The van der Waals surface area contributed by atoms with Crippen LogP contribution in [-0.4, -0.2) is 43.4 Å². The first-order chi connectivity index (χ1) is 8.98. The third-order valence-electron chi connectivity index (χ3n) is 2.94. The zero-order valence-corrected chi connectivity index (χ0v) is 13.2. The van der Waals surface area contributed by atoms with E-state index >= 15 is 0 Å². The molecule has 0 aliphatic carbocycles. The summed E-state index contributed by atoms with van der Waals surface area (Å²) in [7, 11) is -2.98. The molecular weight excluding hydrogens is 282 g/mol. The van der Waals surface area contributed by atoms with Gasteiger partial charge in [-0.1, -0.05) is 0 Å². The first kappa shape index (κ1) is 16.9. The third kappa shape index (κ3) is 5.90. The molecule has 1 saturated heterocycles. The maximum atomic E-state index is 11.8. The number of ether oxygens (including phenoxy) is 1. The molecule has 0 aromatic heterocycles. The van der Waals surface area contributed by atoms with Crippen LogP contribution in [0.3, 0.4) is 0 Å². The minimum Gasteiger partial charge on any atom is -0.458 e. The van der Waals surface area contributed by atoms with E-state index in [1.165, 1.54) is 0 Å². The average Bonchev–Trinajstić information content (AvgIpc) is 2.54. The Morgan fingerprint density at radius 2 is 1.95 bits per heavy atom. The van der Waals surface area contributed by atoms with Crippen molar-refractivity contribution in [1.82, 2.24) is 5.32 Å². The third-order valence-corrected chi connectivity index (χ3v) is 4.78. The van der Waals surface area contributed by atoms with Gasteiger partial charge in [-0.3, -0.25) is 4.79 Å². The highest BCUT2D eigenvalue weighted by Crippen LogP contribution is 2.21. The predicted octanol–water partition coefficient (Wildman–Crippen LogP) is 0.658. The van der Waals surface area contributed by atoms with Gasteiger partial charge in [0.15, 0.2) is 9.84 Å². The summed E-state index contributed by atoms with van der Waals surface area (Å²) in [6.07, 6.45) is 0.642. The molecule has 0 radical (unpaired) electrons. The lowest BCUT2D eigenvalue weighted by Crippen LogP contribution is -2.42. The van der Waals surface area contributed by atoms with Crippen LogP contribution in [-0.2, 0) is 24.2 Å². The fourth-order valence-corrected chi connectivity index (χ4v) is 3.91. The first-order valence-electron chi connectivity index (χ1n) is 6.71. The number of hydrogen-bond acceptors (Lipinski definition) is 5. The molecule has 2 atom stereocenters. The molecule has 0 bridgehead atoms. The Hall–Kier alpha value is -1.11. The van der Waals surface area contributed by atoms with Crippen LogP contribution in [0.15, 0.2) is 0 Å². The molecule has 6 nitrogen and oxygen atoms in total. The number of esters is 1. The quantitative estimate of drug-likeness (QED) is 0.771. The number of carbonyl (C=O) groups is 2. The first-order valence-corrected chi connectivity index (χ1v) is 8.53. The van der Waals surface area contributed by atoms with E-state index in [4.69, 9.17) is 4.74 Å². The van der Waals surface area contributed by atoms with Gasteiger partial charge in [0.25, 0.3) is 0 Å². The number of nitrogens with one attached hydrogen (secondary N) is 1. The molecule has 1 amide bonds. The van der Waals surface area contributed by atoms with Gasteiger partial charge in [0, 0.05) is 6.42 Å². The molecule has 0 saturated carbocycles. The van der Waals surface area contributed by atoms with Crippen molar-refractivity contribution in [2.24, 2.45) is 5.92 Å². The highest BCUT2D eigenvalue weighted by Gasteiger charge is 2.30. The minimum atomic E-state index is -2.98. The minimum absolute atomic E-state index is 0.0568. The monoisotopic (exact) mass is 305 g/mol. The molecule has 20 heavy (non-hydrogen) atoms. The fourth-order valence-electron chi connectivity index (χ4n) is 2.04. The summed E-state index contributed by atoms with van der Waals surface area (Å²) in [6, 6.07) is -0.736. The van der Waals surface area contributed by atoms with Crippen LogP contribution < -0.4 is 5.32 Å². The SMILES string of the molecule is C[C@H](NC(=O)CC1CCS(=O)(=O)C1)C(=O)OC(C)(C)C. The zero-order valence-electron chi connectivity index (χ0n) is 12.4. The van der Waals surface area contributed by atoms with Gasteiger partial charge in [-0.15, -0.1) is 0 Å². The van der Waals surface area contributed by atoms with Crippen molar-refractivity contribution < 1.29 is 22.7 Å². The second-order valence-corrected chi connectivity index (χ2v) is 8.52. The smallest absolute Gasteiger partial charge is 0.328 e. The van der Waals surface area contributed by atoms with E-state index in [1.807, 2.05) is 0 Å². The van der Waals surface area contributed by atoms with E-state index in [1.54, 1.807) is 27.7 Å².